The molecular weight excluding hydrogens is 382 g/mol. The fraction of sp³-hybridized carbons (Fsp3) is 0.435. The van der Waals surface area contributed by atoms with Crippen LogP contribution < -0.4 is 10.6 Å². The number of amides is 3. The molecule has 0 spiro atoms. The average molecular weight is 412 g/mol. The van der Waals surface area contributed by atoms with Gasteiger partial charge in [-0.05, 0) is 57.7 Å². The van der Waals surface area contributed by atoms with E-state index in [9.17, 15) is 14.4 Å². The molecule has 1 saturated heterocycles. The molecule has 1 aliphatic heterocycles. The Morgan fingerprint density at radius 2 is 1.80 bits per heavy atom. The topological polar surface area (TPSA) is 91.7 Å². The monoisotopic (exact) mass is 411 g/mol. The first-order valence-corrected chi connectivity index (χ1v) is 10.4. The lowest BCUT2D eigenvalue weighted by Gasteiger charge is -2.43. The van der Waals surface area contributed by atoms with E-state index in [4.69, 9.17) is 4.42 Å². The summed E-state index contributed by atoms with van der Waals surface area (Å²) < 4.78 is 5.17. The van der Waals surface area contributed by atoms with Crippen molar-refractivity contribution in [2.45, 2.75) is 45.1 Å². The van der Waals surface area contributed by atoms with E-state index in [1.165, 1.54) is 6.26 Å². The lowest BCUT2D eigenvalue weighted by molar-refractivity contribution is -0.133. The maximum absolute atomic E-state index is 13.0. The van der Waals surface area contributed by atoms with Crippen LogP contribution in [0.15, 0.2) is 47.1 Å². The van der Waals surface area contributed by atoms with Gasteiger partial charge in [-0.15, -0.1) is 0 Å². The molecule has 2 N–H and O–H groups in total. The zero-order chi connectivity index (χ0) is 21.6. The van der Waals surface area contributed by atoms with E-state index >= 15 is 0 Å². The molecule has 1 fully saturated rings. The standard InChI is InChI=1S/C23H29N3O4/c1-17-11-16-30-19(17)20(27)24-13-8-14-25-22(29)23(2)12-6-7-15-26(23)21(28)18-9-4-3-5-10-18/h3-5,9-11,16H,6-8,12-15H2,1-2H3,(H,24,27)(H,25,29). The minimum atomic E-state index is -0.875. The molecule has 1 aromatic carbocycles. The Labute approximate surface area is 176 Å². The lowest BCUT2D eigenvalue weighted by atomic mass is 9.86. The third kappa shape index (κ3) is 4.72. The molecule has 0 aliphatic carbocycles. The van der Waals surface area contributed by atoms with E-state index in [-0.39, 0.29) is 17.7 Å². The largest absolute Gasteiger partial charge is 0.459 e. The summed E-state index contributed by atoms with van der Waals surface area (Å²) in [5.74, 6) is -0.222. The molecular formula is C23H29N3O4. The number of hydrogen-bond donors (Lipinski definition) is 2. The van der Waals surface area contributed by atoms with Crippen molar-refractivity contribution < 1.29 is 18.8 Å². The number of piperidine rings is 1. The summed E-state index contributed by atoms with van der Waals surface area (Å²) in [4.78, 5) is 39.7. The molecule has 3 amide bonds. The first-order valence-electron chi connectivity index (χ1n) is 10.4. The van der Waals surface area contributed by atoms with Gasteiger partial charge in [0.05, 0.1) is 6.26 Å². The van der Waals surface area contributed by atoms with Crippen LogP contribution in [0.2, 0.25) is 0 Å². The number of furan rings is 1. The molecule has 0 radical (unpaired) electrons. The minimum Gasteiger partial charge on any atom is -0.459 e. The van der Waals surface area contributed by atoms with Crippen molar-refractivity contribution >= 4 is 17.7 Å². The van der Waals surface area contributed by atoms with Crippen molar-refractivity contribution in [1.82, 2.24) is 15.5 Å². The van der Waals surface area contributed by atoms with Gasteiger partial charge in [0.1, 0.15) is 5.54 Å². The van der Waals surface area contributed by atoms with Gasteiger partial charge in [0.25, 0.3) is 11.8 Å². The highest BCUT2D eigenvalue weighted by Gasteiger charge is 2.43. The molecule has 2 aromatic rings. The average Bonchev–Trinajstić information content (AvgIpc) is 3.19. The molecule has 3 rings (SSSR count). The minimum absolute atomic E-state index is 0.117. The molecule has 0 saturated carbocycles. The maximum Gasteiger partial charge on any atom is 0.287 e. The molecule has 1 aromatic heterocycles. The van der Waals surface area contributed by atoms with Crippen LogP contribution in [0.25, 0.3) is 0 Å². The fourth-order valence-electron chi connectivity index (χ4n) is 3.79. The number of nitrogens with zero attached hydrogens (tertiary/aromatic N) is 1. The highest BCUT2D eigenvalue weighted by molar-refractivity contribution is 5.99. The second-order valence-electron chi connectivity index (χ2n) is 7.85. The van der Waals surface area contributed by atoms with Crippen molar-refractivity contribution in [2.24, 2.45) is 0 Å². The number of carbonyl (C=O) groups is 3. The summed E-state index contributed by atoms with van der Waals surface area (Å²) in [6, 6.07) is 10.8. The molecule has 1 atom stereocenters. The van der Waals surface area contributed by atoms with Crippen molar-refractivity contribution in [3.8, 4) is 0 Å². The van der Waals surface area contributed by atoms with Gasteiger partial charge in [-0.1, -0.05) is 18.2 Å². The number of likely N-dealkylation sites (tertiary alicyclic amines) is 1. The molecule has 7 heteroatoms. The maximum atomic E-state index is 13.0. The van der Waals surface area contributed by atoms with Gasteiger partial charge in [0, 0.05) is 30.8 Å². The van der Waals surface area contributed by atoms with Gasteiger partial charge in [-0.2, -0.15) is 0 Å². The zero-order valence-corrected chi connectivity index (χ0v) is 17.6. The normalized spacial score (nSPS) is 18.7. The molecule has 7 nitrogen and oxygen atoms in total. The highest BCUT2D eigenvalue weighted by Crippen LogP contribution is 2.29. The van der Waals surface area contributed by atoms with Crippen molar-refractivity contribution in [3.05, 3.63) is 59.5 Å². The second-order valence-corrected chi connectivity index (χ2v) is 7.85. The fourth-order valence-corrected chi connectivity index (χ4v) is 3.79. The molecule has 0 bridgehead atoms. The number of hydrogen-bond acceptors (Lipinski definition) is 4. The van der Waals surface area contributed by atoms with E-state index in [1.54, 1.807) is 23.1 Å². The van der Waals surface area contributed by atoms with Gasteiger partial charge in [-0.3, -0.25) is 14.4 Å². The van der Waals surface area contributed by atoms with Crippen molar-refractivity contribution in [3.63, 3.8) is 0 Å². The van der Waals surface area contributed by atoms with Crippen LogP contribution >= 0.6 is 0 Å². The Morgan fingerprint density at radius 1 is 1.07 bits per heavy atom. The summed E-state index contributed by atoms with van der Waals surface area (Å²) >= 11 is 0. The number of benzene rings is 1. The Bertz CT molecular complexity index is 893. The first kappa shape index (κ1) is 21.6. The highest BCUT2D eigenvalue weighted by atomic mass is 16.3. The molecule has 1 aliphatic rings. The molecule has 1 unspecified atom stereocenters. The van der Waals surface area contributed by atoms with Crippen LogP contribution in [0.3, 0.4) is 0 Å². The number of aryl methyl sites for hydroxylation is 1. The lowest BCUT2D eigenvalue weighted by Crippen LogP contribution is -2.61. The molecule has 2 heterocycles. The smallest absolute Gasteiger partial charge is 0.287 e. The van der Waals surface area contributed by atoms with Crippen molar-refractivity contribution in [2.75, 3.05) is 19.6 Å². The Hall–Kier alpha value is -3.09. The van der Waals surface area contributed by atoms with E-state index in [0.717, 1.165) is 18.4 Å². The quantitative estimate of drug-likeness (QED) is 0.686. The number of rotatable bonds is 7. The molecule has 160 valence electrons. The Morgan fingerprint density at radius 3 is 2.50 bits per heavy atom. The van der Waals surface area contributed by atoms with E-state index in [1.807, 2.05) is 32.0 Å². The van der Waals surface area contributed by atoms with Crippen LogP contribution in [0, 0.1) is 6.92 Å². The third-order valence-electron chi connectivity index (χ3n) is 5.64. The predicted octanol–water partition coefficient (Wildman–Crippen LogP) is 2.91. The van der Waals surface area contributed by atoms with Gasteiger partial charge in [-0.25, -0.2) is 0 Å². The van der Waals surface area contributed by atoms with E-state index in [0.29, 0.717) is 43.8 Å². The van der Waals surface area contributed by atoms with Crippen LogP contribution in [-0.4, -0.2) is 47.8 Å². The van der Waals surface area contributed by atoms with Crippen LogP contribution in [0.1, 0.15) is 59.1 Å². The second kappa shape index (κ2) is 9.61. The van der Waals surface area contributed by atoms with E-state index in [2.05, 4.69) is 10.6 Å². The summed E-state index contributed by atoms with van der Waals surface area (Å²) in [5.41, 5.74) is 0.503. The van der Waals surface area contributed by atoms with Crippen LogP contribution in [0.5, 0.6) is 0 Å². The Kier molecular flexibility index (Phi) is 6.92. The first-order chi connectivity index (χ1) is 14.4. The summed E-state index contributed by atoms with van der Waals surface area (Å²) in [6.45, 7) is 5.05. The predicted molar refractivity (Wildman–Crippen MR) is 113 cm³/mol. The van der Waals surface area contributed by atoms with Gasteiger partial charge < -0.3 is 20.0 Å². The van der Waals surface area contributed by atoms with Crippen LogP contribution in [-0.2, 0) is 4.79 Å². The SMILES string of the molecule is Cc1ccoc1C(=O)NCCCNC(=O)C1(C)CCCCN1C(=O)c1ccccc1. The summed E-state index contributed by atoms with van der Waals surface area (Å²) in [7, 11) is 0. The summed E-state index contributed by atoms with van der Waals surface area (Å²) in [5, 5.41) is 5.73. The van der Waals surface area contributed by atoms with E-state index < -0.39 is 5.54 Å². The van der Waals surface area contributed by atoms with Crippen LogP contribution in [0.4, 0.5) is 0 Å². The number of nitrogens with one attached hydrogen (secondary N) is 2. The summed E-state index contributed by atoms with van der Waals surface area (Å²) in [6.07, 6.45) is 4.49. The Balaban J connectivity index is 1.52. The van der Waals surface area contributed by atoms with Gasteiger partial charge in [0.15, 0.2) is 5.76 Å². The van der Waals surface area contributed by atoms with Crippen molar-refractivity contribution in [1.29, 1.82) is 0 Å². The van der Waals surface area contributed by atoms with Gasteiger partial charge in [0.2, 0.25) is 5.91 Å². The zero-order valence-electron chi connectivity index (χ0n) is 17.6. The third-order valence-corrected chi connectivity index (χ3v) is 5.64. The molecule has 30 heavy (non-hydrogen) atoms. The van der Waals surface area contributed by atoms with Gasteiger partial charge >= 0.3 is 0 Å². The number of carbonyl (C=O) groups excluding carboxylic acids is 3.